The van der Waals surface area contributed by atoms with Gasteiger partial charge in [0.15, 0.2) is 12.6 Å². The first kappa shape index (κ1) is 29.2. The Morgan fingerprint density at radius 1 is 1.12 bits per heavy atom. The van der Waals surface area contributed by atoms with E-state index >= 15 is 0 Å². The van der Waals surface area contributed by atoms with Gasteiger partial charge in [-0.3, -0.25) is 0 Å². The van der Waals surface area contributed by atoms with E-state index in [1.807, 2.05) is 19.9 Å². The highest BCUT2D eigenvalue weighted by molar-refractivity contribution is 5.01. The normalized spacial score (nSPS) is 41.8. The summed E-state index contributed by atoms with van der Waals surface area (Å²) in [5.74, 6) is 0.644. The molecule has 9 atom stereocenters. The summed E-state index contributed by atoms with van der Waals surface area (Å²) >= 11 is 0. The smallest absolute Gasteiger partial charge is 0.200 e. The Morgan fingerprint density at radius 2 is 1.72 bits per heavy atom. The van der Waals surface area contributed by atoms with Crippen LogP contribution < -0.4 is 22.9 Å². The summed E-state index contributed by atoms with van der Waals surface area (Å²) in [5, 5.41) is 31.1. The second kappa shape index (κ2) is 13.8. The zero-order chi connectivity index (χ0) is 24.5. The number of allylic oxidation sites excluding steroid dienone is 1. The van der Waals surface area contributed by atoms with Gasteiger partial charge in [0, 0.05) is 24.9 Å². The lowest BCUT2D eigenvalue weighted by Gasteiger charge is -2.45. The summed E-state index contributed by atoms with van der Waals surface area (Å²) in [5.41, 5.74) is 21.3. The number of hydrogen-bond donors (Lipinski definition) is 7. The molecule has 190 valence electrons. The topological polar surface area (TPSA) is 202 Å². The molecule has 11 heteroatoms. The Hall–Kier alpha value is -0.860. The largest absolute Gasteiger partial charge is 0.468 e. The van der Waals surface area contributed by atoms with Crippen LogP contribution in [0.2, 0.25) is 0 Å². The zero-order valence-electron chi connectivity index (χ0n) is 19.7. The third-order valence-corrected chi connectivity index (χ3v) is 5.44. The number of aliphatic hydroxyl groups is 3. The summed E-state index contributed by atoms with van der Waals surface area (Å²) in [6, 6.07) is -1.06. The highest BCUT2D eigenvalue weighted by atomic mass is 16.7. The summed E-state index contributed by atoms with van der Waals surface area (Å²) < 4.78 is 22.9. The molecule has 0 aromatic heterocycles. The van der Waals surface area contributed by atoms with Crippen LogP contribution in [-0.4, -0.2) is 90.2 Å². The molecule has 1 saturated carbocycles. The number of rotatable bonds is 5. The van der Waals surface area contributed by atoms with E-state index in [9.17, 15) is 15.3 Å². The molecule has 2 fully saturated rings. The fraction of sp³-hybridized carbons (Fsp3) is 0.905. The van der Waals surface area contributed by atoms with Crippen LogP contribution in [0.25, 0.3) is 0 Å². The van der Waals surface area contributed by atoms with Gasteiger partial charge in [0.05, 0.1) is 18.8 Å². The molecule has 32 heavy (non-hydrogen) atoms. The number of aliphatic hydroxyl groups excluding tert-OH is 2. The van der Waals surface area contributed by atoms with Gasteiger partial charge in [0.1, 0.15) is 30.2 Å². The highest BCUT2D eigenvalue weighted by Gasteiger charge is 2.47. The molecule has 0 bridgehead atoms. The van der Waals surface area contributed by atoms with E-state index in [0.29, 0.717) is 18.6 Å². The van der Waals surface area contributed by atoms with Gasteiger partial charge < -0.3 is 57.2 Å². The van der Waals surface area contributed by atoms with Crippen molar-refractivity contribution in [2.45, 2.75) is 101 Å². The molecule has 11 N–H and O–H groups in total. The Balaban J connectivity index is 0.00000121. The van der Waals surface area contributed by atoms with Crippen LogP contribution in [0, 0.1) is 0 Å². The van der Waals surface area contributed by atoms with Gasteiger partial charge in [-0.25, -0.2) is 0 Å². The lowest BCUT2D eigenvalue weighted by molar-refractivity contribution is -0.295. The van der Waals surface area contributed by atoms with Crippen molar-refractivity contribution in [2.75, 3.05) is 20.2 Å². The average molecular weight is 465 g/mol. The number of nitrogens with two attached hydrogens (primary N) is 4. The van der Waals surface area contributed by atoms with E-state index in [4.69, 9.17) is 36.1 Å². The summed E-state index contributed by atoms with van der Waals surface area (Å²) in [6.07, 6.45) is -1.59. The molecule has 3 rings (SSSR count). The van der Waals surface area contributed by atoms with Crippen LogP contribution in [0.1, 0.15) is 46.5 Å². The predicted molar refractivity (Wildman–Crippen MR) is 120 cm³/mol. The lowest BCUT2D eigenvalue weighted by atomic mass is 9.84. The SMILES string of the molecule is CC.CN.C[C@]1(O)COC(O[C@H]2C(N)CC(N)[C@@H](O[C@@H]3CCC=C(CN)O3)C2O)C(O)C1. The molecule has 0 spiro atoms. The van der Waals surface area contributed by atoms with Gasteiger partial charge in [-0.2, -0.15) is 0 Å². The van der Waals surface area contributed by atoms with Crippen LogP contribution in [0.4, 0.5) is 0 Å². The lowest BCUT2D eigenvalue weighted by Crippen LogP contribution is -2.65. The van der Waals surface area contributed by atoms with Gasteiger partial charge >= 0.3 is 0 Å². The van der Waals surface area contributed by atoms with E-state index < -0.39 is 54.7 Å². The van der Waals surface area contributed by atoms with Gasteiger partial charge in [-0.05, 0) is 32.9 Å². The average Bonchev–Trinajstić information content (AvgIpc) is 2.78. The van der Waals surface area contributed by atoms with E-state index in [1.165, 1.54) is 7.05 Å². The Kier molecular flexibility index (Phi) is 12.5. The molecule has 2 heterocycles. The first-order chi connectivity index (χ1) is 15.2. The predicted octanol–water partition coefficient (Wildman–Crippen LogP) is -1.39. The summed E-state index contributed by atoms with van der Waals surface area (Å²) in [7, 11) is 1.50. The van der Waals surface area contributed by atoms with Gasteiger partial charge in [-0.15, -0.1) is 0 Å². The second-order valence-corrected chi connectivity index (χ2v) is 8.20. The van der Waals surface area contributed by atoms with Crippen molar-refractivity contribution in [3.8, 4) is 0 Å². The maximum absolute atomic E-state index is 10.9. The van der Waals surface area contributed by atoms with Crippen LogP contribution in [0.3, 0.4) is 0 Å². The Bertz CT molecular complexity index is 566. The first-order valence-electron chi connectivity index (χ1n) is 11.4. The van der Waals surface area contributed by atoms with Crippen molar-refractivity contribution in [3.63, 3.8) is 0 Å². The maximum atomic E-state index is 10.9. The molecule has 0 radical (unpaired) electrons. The molecule has 0 amide bonds. The zero-order valence-corrected chi connectivity index (χ0v) is 19.7. The summed E-state index contributed by atoms with van der Waals surface area (Å²) in [4.78, 5) is 0. The van der Waals surface area contributed by atoms with Crippen molar-refractivity contribution in [1.29, 1.82) is 0 Å². The van der Waals surface area contributed by atoms with Gasteiger partial charge in [0.2, 0.25) is 0 Å². The minimum absolute atomic E-state index is 0.0103. The van der Waals surface area contributed by atoms with Gasteiger partial charge in [-0.1, -0.05) is 13.8 Å². The molecule has 11 nitrogen and oxygen atoms in total. The third kappa shape index (κ3) is 7.87. The quantitative estimate of drug-likeness (QED) is 0.252. The van der Waals surface area contributed by atoms with Gasteiger partial charge in [0.25, 0.3) is 0 Å². The van der Waals surface area contributed by atoms with Crippen molar-refractivity contribution < 1.29 is 34.3 Å². The van der Waals surface area contributed by atoms with E-state index in [1.54, 1.807) is 6.92 Å². The minimum atomic E-state index is -1.13. The standard InChI is InChI=1S/C18H33N3O7.C2H6.CH5N/c1-18(24)6-12(22)17(25-8-18)28-16-11(21)5-10(20)15(14(16)23)27-13-4-2-3-9(7-19)26-13;2*1-2/h3,10-17,22-24H,2,4-8,19-21H2,1H3;1-2H3;2H2,1H3/t10?,11?,12?,13-,14?,15-,16+,17?,18-;;/m1../s1. The molecule has 5 unspecified atom stereocenters. The molecule has 1 saturated heterocycles. The molecule has 0 aromatic carbocycles. The van der Waals surface area contributed by atoms with Crippen molar-refractivity contribution in [3.05, 3.63) is 11.8 Å². The van der Waals surface area contributed by atoms with Crippen molar-refractivity contribution >= 4 is 0 Å². The van der Waals surface area contributed by atoms with E-state index in [0.717, 1.165) is 6.42 Å². The highest BCUT2D eigenvalue weighted by Crippen LogP contribution is 2.31. The van der Waals surface area contributed by atoms with Crippen molar-refractivity contribution in [1.82, 2.24) is 0 Å². The molecule has 3 aliphatic rings. The van der Waals surface area contributed by atoms with E-state index in [2.05, 4.69) is 5.73 Å². The number of ether oxygens (including phenoxy) is 4. The first-order valence-corrected chi connectivity index (χ1v) is 11.4. The fourth-order valence-electron chi connectivity index (χ4n) is 3.96. The maximum Gasteiger partial charge on any atom is 0.200 e. The van der Waals surface area contributed by atoms with Crippen molar-refractivity contribution in [2.24, 2.45) is 22.9 Å². The second-order valence-electron chi connectivity index (χ2n) is 8.20. The fourth-order valence-corrected chi connectivity index (χ4v) is 3.96. The van der Waals surface area contributed by atoms with Crippen LogP contribution >= 0.6 is 0 Å². The third-order valence-electron chi connectivity index (χ3n) is 5.44. The van der Waals surface area contributed by atoms with Crippen LogP contribution in [-0.2, 0) is 18.9 Å². The van der Waals surface area contributed by atoms with Crippen LogP contribution in [0.5, 0.6) is 0 Å². The summed E-state index contributed by atoms with van der Waals surface area (Å²) in [6.45, 7) is 5.86. The van der Waals surface area contributed by atoms with Crippen LogP contribution in [0.15, 0.2) is 11.8 Å². The molecule has 2 aliphatic heterocycles. The Morgan fingerprint density at radius 3 is 2.28 bits per heavy atom. The van der Waals surface area contributed by atoms with E-state index in [-0.39, 0.29) is 19.6 Å². The minimum Gasteiger partial charge on any atom is -0.468 e. The monoisotopic (exact) mass is 464 g/mol. The molecular weight excluding hydrogens is 420 g/mol. The molecule has 0 aromatic rings. The number of hydrogen-bond acceptors (Lipinski definition) is 11. The molecule has 1 aliphatic carbocycles. The Labute approximate surface area is 191 Å². The molecular formula is C21H44N4O7.